The first-order valence-electron chi connectivity index (χ1n) is 28.7. The number of nitrogens with one attached hydrogen (secondary N) is 1. The van der Waals surface area contributed by atoms with Gasteiger partial charge in [0.2, 0.25) is 5.91 Å². The van der Waals surface area contributed by atoms with Crippen molar-refractivity contribution >= 4 is 5.91 Å². The number of amides is 1. The van der Waals surface area contributed by atoms with Crippen LogP contribution >= 0.6 is 0 Å². The molecule has 2 atom stereocenters. The van der Waals surface area contributed by atoms with Gasteiger partial charge in [0.1, 0.15) is 0 Å². The molecule has 1 amide bonds. The highest BCUT2D eigenvalue weighted by Crippen LogP contribution is 2.15. The molecule has 0 saturated heterocycles. The van der Waals surface area contributed by atoms with E-state index >= 15 is 0 Å². The van der Waals surface area contributed by atoms with Crippen molar-refractivity contribution in [1.29, 1.82) is 0 Å². The molecule has 388 valence electrons. The molecule has 0 aliphatic carbocycles. The van der Waals surface area contributed by atoms with E-state index in [2.05, 4.69) is 129 Å². The maximum atomic E-state index is 12.5. The Kier molecular flexibility index (Phi) is 55.4. The first-order valence-corrected chi connectivity index (χ1v) is 28.7. The number of carbonyl (C=O) groups is 1. The third-order valence-corrected chi connectivity index (χ3v) is 12.4. The van der Waals surface area contributed by atoms with Crippen molar-refractivity contribution in [2.75, 3.05) is 6.61 Å². The van der Waals surface area contributed by atoms with Gasteiger partial charge in [-0.25, -0.2) is 0 Å². The van der Waals surface area contributed by atoms with Crippen molar-refractivity contribution in [3.63, 3.8) is 0 Å². The standard InChI is InChI=1S/C64H109NO3/c1-3-5-7-9-11-13-15-17-19-21-23-25-26-27-28-29-30-31-32-33-34-35-36-37-38-40-42-44-46-48-50-52-54-56-58-60-64(68)65-62(61-66)63(67)59-57-55-53-51-49-47-45-43-41-39-24-22-20-18-16-14-12-10-8-6-4-2/h5,7,11,13,17,19,23,25,27-28,30-31,33-34,36-37,49,51,57,59,62-63,66-67H,3-4,6,8-10,12,14-16,18,20-22,24,26,29,32,35,38-48,50,52-56,58,60-61H2,1-2H3,(H,65,68)/b7-5-,13-11-,19-17-,25-23-,28-27-,31-30-,34-33-,37-36-,51-49+,59-57+. The molecule has 0 rings (SSSR count). The first-order chi connectivity index (χ1) is 33.7. The summed E-state index contributed by atoms with van der Waals surface area (Å²) in [6.07, 6.45) is 89.3. The van der Waals surface area contributed by atoms with Gasteiger partial charge < -0.3 is 15.5 Å². The number of hydrogen-bond donors (Lipinski definition) is 3. The Hall–Kier alpha value is -3.21. The van der Waals surface area contributed by atoms with Crippen molar-refractivity contribution in [1.82, 2.24) is 5.32 Å². The van der Waals surface area contributed by atoms with Crippen LogP contribution < -0.4 is 5.32 Å². The zero-order valence-electron chi connectivity index (χ0n) is 44.6. The fourth-order valence-electron chi connectivity index (χ4n) is 8.09. The molecule has 0 aliphatic heterocycles. The molecule has 3 N–H and O–H groups in total. The van der Waals surface area contributed by atoms with Crippen molar-refractivity contribution in [2.45, 2.75) is 270 Å². The number of aliphatic hydroxyl groups excluding tert-OH is 2. The Morgan fingerprint density at radius 2 is 0.662 bits per heavy atom. The quantitative estimate of drug-likeness (QED) is 0.0420. The largest absolute Gasteiger partial charge is 0.394 e. The second-order valence-corrected chi connectivity index (χ2v) is 19.0. The summed E-state index contributed by atoms with van der Waals surface area (Å²) in [4.78, 5) is 12.5. The number of rotatable bonds is 51. The van der Waals surface area contributed by atoms with Crippen LogP contribution in [0.2, 0.25) is 0 Å². The van der Waals surface area contributed by atoms with Crippen LogP contribution in [0.1, 0.15) is 258 Å². The van der Waals surface area contributed by atoms with Gasteiger partial charge in [-0.1, -0.05) is 277 Å². The van der Waals surface area contributed by atoms with E-state index in [0.29, 0.717) is 6.42 Å². The molecule has 0 bridgehead atoms. The summed E-state index contributed by atoms with van der Waals surface area (Å²) in [6, 6.07) is -0.650. The Morgan fingerprint density at radius 1 is 0.368 bits per heavy atom. The lowest BCUT2D eigenvalue weighted by atomic mass is 10.0. The molecule has 0 radical (unpaired) electrons. The topological polar surface area (TPSA) is 69.6 Å². The van der Waals surface area contributed by atoms with Crippen LogP contribution in [-0.2, 0) is 4.79 Å². The lowest BCUT2D eigenvalue weighted by Crippen LogP contribution is -2.45. The molecule has 2 unspecified atom stereocenters. The number of unbranched alkanes of at least 4 members (excludes halogenated alkanes) is 26. The molecule has 0 heterocycles. The first kappa shape index (κ1) is 64.8. The Bertz CT molecular complexity index is 1340. The van der Waals surface area contributed by atoms with E-state index in [1.54, 1.807) is 6.08 Å². The molecule has 0 aromatic heterocycles. The van der Waals surface area contributed by atoms with Gasteiger partial charge in [0.25, 0.3) is 0 Å². The monoisotopic (exact) mass is 940 g/mol. The second-order valence-electron chi connectivity index (χ2n) is 19.0. The molecule has 0 saturated carbocycles. The van der Waals surface area contributed by atoms with Crippen molar-refractivity contribution < 1.29 is 15.0 Å². The Morgan fingerprint density at radius 3 is 1.03 bits per heavy atom. The van der Waals surface area contributed by atoms with E-state index in [1.165, 1.54) is 148 Å². The number of carbonyl (C=O) groups excluding carboxylic acids is 1. The Labute approximate surface area is 422 Å². The second kappa shape index (κ2) is 58.1. The van der Waals surface area contributed by atoms with Gasteiger partial charge in [0.15, 0.2) is 0 Å². The number of hydrogen-bond acceptors (Lipinski definition) is 3. The molecule has 0 spiro atoms. The van der Waals surface area contributed by atoms with Crippen LogP contribution in [0.25, 0.3) is 0 Å². The predicted molar refractivity (Wildman–Crippen MR) is 303 cm³/mol. The number of aliphatic hydroxyl groups is 2. The van der Waals surface area contributed by atoms with Gasteiger partial charge in [-0.2, -0.15) is 0 Å². The SMILES string of the molecule is CC/C=C\C/C=C\C/C=C\C/C=C\C/C=C\C/C=C\C/C=C\C/C=C\CCCCCCCCCCCCC(=O)NC(CO)C(O)/C=C/CC/C=C/CCCCCCCCCCCCCCCCC. The summed E-state index contributed by atoms with van der Waals surface area (Å²) in [5.74, 6) is -0.0820. The van der Waals surface area contributed by atoms with Gasteiger partial charge in [-0.05, 0) is 96.3 Å². The molecular formula is C64H109NO3. The van der Waals surface area contributed by atoms with Gasteiger partial charge >= 0.3 is 0 Å². The third-order valence-electron chi connectivity index (χ3n) is 12.4. The maximum Gasteiger partial charge on any atom is 0.220 e. The summed E-state index contributed by atoms with van der Waals surface area (Å²) in [7, 11) is 0. The zero-order valence-corrected chi connectivity index (χ0v) is 44.6. The molecule has 0 aromatic carbocycles. The Balaban J connectivity index is 3.62. The highest BCUT2D eigenvalue weighted by Gasteiger charge is 2.17. The molecule has 0 aliphatic rings. The van der Waals surface area contributed by atoms with Crippen LogP contribution in [0.3, 0.4) is 0 Å². The minimum atomic E-state index is -0.872. The lowest BCUT2D eigenvalue weighted by Gasteiger charge is -2.19. The van der Waals surface area contributed by atoms with Crippen LogP contribution in [-0.4, -0.2) is 34.9 Å². The van der Waals surface area contributed by atoms with Crippen LogP contribution in [0.4, 0.5) is 0 Å². The molecule has 4 nitrogen and oxygen atoms in total. The van der Waals surface area contributed by atoms with Gasteiger partial charge in [0.05, 0.1) is 18.8 Å². The fraction of sp³-hybridized carbons (Fsp3) is 0.672. The van der Waals surface area contributed by atoms with Crippen LogP contribution in [0, 0.1) is 0 Å². The van der Waals surface area contributed by atoms with E-state index < -0.39 is 12.1 Å². The van der Waals surface area contributed by atoms with E-state index in [9.17, 15) is 15.0 Å². The van der Waals surface area contributed by atoms with Crippen molar-refractivity contribution in [3.8, 4) is 0 Å². The summed E-state index contributed by atoms with van der Waals surface area (Å²) in [6.45, 7) is 4.19. The highest BCUT2D eigenvalue weighted by molar-refractivity contribution is 5.76. The molecule has 0 fully saturated rings. The average Bonchev–Trinajstić information content (AvgIpc) is 3.34. The van der Waals surface area contributed by atoms with Crippen LogP contribution in [0.5, 0.6) is 0 Å². The molecule has 4 heteroatoms. The highest BCUT2D eigenvalue weighted by atomic mass is 16.3. The third kappa shape index (κ3) is 53.7. The van der Waals surface area contributed by atoms with E-state index in [-0.39, 0.29) is 12.5 Å². The number of allylic oxidation sites excluding steroid dienone is 19. The van der Waals surface area contributed by atoms with E-state index in [4.69, 9.17) is 0 Å². The van der Waals surface area contributed by atoms with Crippen molar-refractivity contribution in [2.24, 2.45) is 0 Å². The fourth-order valence-corrected chi connectivity index (χ4v) is 8.09. The van der Waals surface area contributed by atoms with E-state index in [1.807, 2.05) is 6.08 Å². The average molecular weight is 941 g/mol. The summed E-state index contributed by atoms with van der Waals surface area (Å²) in [5.41, 5.74) is 0. The molecule has 68 heavy (non-hydrogen) atoms. The lowest BCUT2D eigenvalue weighted by molar-refractivity contribution is -0.123. The predicted octanol–water partition coefficient (Wildman–Crippen LogP) is 19.2. The van der Waals surface area contributed by atoms with Crippen LogP contribution in [0.15, 0.2) is 122 Å². The normalized spacial score (nSPS) is 13.8. The zero-order chi connectivity index (χ0) is 49.2. The summed E-state index contributed by atoms with van der Waals surface area (Å²) in [5, 5.41) is 23.1. The van der Waals surface area contributed by atoms with Gasteiger partial charge in [-0.3, -0.25) is 4.79 Å². The molecular weight excluding hydrogens is 831 g/mol. The summed E-state index contributed by atoms with van der Waals surface area (Å²) < 4.78 is 0. The van der Waals surface area contributed by atoms with E-state index in [0.717, 1.165) is 89.9 Å². The maximum absolute atomic E-state index is 12.5. The minimum absolute atomic E-state index is 0.0820. The van der Waals surface area contributed by atoms with Gasteiger partial charge in [-0.15, -0.1) is 0 Å². The minimum Gasteiger partial charge on any atom is -0.394 e. The summed E-state index contributed by atoms with van der Waals surface area (Å²) >= 11 is 0. The van der Waals surface area contributed by atoms with Gasteiger partial charge in [0, 0.05) is 6.42 Å². The molecule has 0 aromatic rings. The smallest absolute Gasteiger partial charge is 0.220 e. The van der Waals surface area contributed by atoms with Crippen molar-refractivity contribution in [3.05, 3.63) is 122 Å².